The Morgan fingerprint density at radius 3 is 2.65 bits per heavy atom. The SMILES string of the molecule is COc1cc(-c2ccc3c(c2)Nc2ccc(CC(=O)N4CCOCC4)cc2NC3=O)c(C)cn1. The first kappa shape index (κ1) is 21.9. The minimum Gasteiger partial charge on any atom is -0.481 e. The molecule has 0 unspecified atom stereocenters. The van der Waals surface area contributed by atoms with Crippen molar-refractivity contribution in [1.29, 1.82) is 0 Å². The van der Waals surface area contributed by atoms with E-state index in [1.807, 2.05) is 54.3 Å². The smallest absolute Gasteiger partial charge is 0.257 e. The summed E-state index contributed by atoms with van der Waals surface area (Å²) in [7, 11) is 1.59. The number of aromatic nitrogens is 1. The summed E-state index contributed by atoms with van der Waals surface area (Å²) in [5.41, 5.74) is 6.47. The third kappa shape index (κ3) is 4.32. The summed E-state index contributed by atoms with van der Waals surface area (Å²) in [6.07, 6.45) is 2.05. The molecule has 0 atom stereocenters. The summed E-state index contributed by atoms with van der Waals surface area (Å²) < 4.78 is 10.6. The maximum absolute atomic E-state index is 13.0. The van der Waals surface area contributed by atoms with Crippen LogP contribution in [0.1, 0.15) is 21.5 Å². The number of nitrogens with one attached hydrogen (secondary N) is 2. The van der Waals surface area contributed by atoms with Crippen LogP contribution in [0.4, 0.5) is 17.1 Å². The summed E-state index contributed by atoms with van der Waals surface area (Å²) in [4.78, 5) is 31.7. The number of carbonyl (C=O) groups excluding carboxylic acids is 2. The maximum Gasteiger partial charge on any atom is 0.257 e. The van der Waals surface area contributed by atoms with Crippen LogP contribution in [0.2, 0.25) is 0 Å². The van der Waals surface area contributed by atoms with E-state index in [1.54, 1.807) is 13.3 Å². The second-order valence-electron chi connectivity index (χ2n) is 8.43. The molecule has 8 nitrogen and oxygen atoms in total. The lowest BCUT2D eigenvalue weighted by Crippen LogP contribution is -2.41. The Balaban J connectivity index is 1.42. The van der Waals surface area contributed by atoms with Crippen molar-refractivity contribution >= 4 is 28.9 Å². The Hall–Kier alpha value is -3.91. The van der Waals surface area contributed by atoms with Gasteiger partial charge in [0.15, 0.2) is 0 Å². The van der Waals surface area contributed by atoms with Gasteiger partial charge in [-0.1, -0.05) is 12.1 Å². The van der Waals surface area contributed by atoms with Gasteiger partial charge in [-0.05, 0) is 53.4 Å². The number of pyridine rings is 1. The number of aryl methyl sites for hydroxylation is 1. The van der Waals surface area contributed by atoms with Crippen LogP contribution in [0, 0.1) is 6.92 Å². The number of fused-ring (bicyclic) bond motifs is 2. The van der Waals surface area contributed by atoms with E-state index in [9.17, 15) is 9.59 Å². The van der Waals surface area contributed by atoms with E-state index >= 15 is 0 Å². The molecule has 2 aromatic carbocycles. The second-order valence-corrected chi connectivity index (χ2v) is 8.43. The van der Waals surface area contributed by atoms with Crippen molar-refractivity contribution in [3.8, 4) is 17.0 Å². The molecule has 2 aliphatic heterocycles. The highest BCUT2D eigenvalue weighted by Gasteiger charge is 2.22. The fourth-order valence-electron chi connectivity index (χ4n) is 4.29. The van der Waals surface area contributed by atoms with E-state index < -0.39 is 0 Å². The highest BCUT2D eigenvalue weighted by Crippen LogP contribution is 2.36. The minimum atomic E-state index is -0.200. The molecule has 0 bridgehead atoms. The van der Waals surface area contributed by atoms with E-state index in [4.69, 9.17) is 9.47 Å². The van der Waals surface area contributed by atoms with Gasteiger partial charge in [-0.15, -0.1) is 0 Å². The van der Waals surface area contributed by atoms with Crippen LogP contribution < -0.4 is 15.4 Å². The van der Waals surface area contributed by atoms with Crippen molar-refractivity contribution in [2.45, 2.75) is 13.3 Å². The first-order valence-electron chi connectivity index (χ1n) is 11.2. The number of rotatable bonds is 4. The number of methoxy groups -OCH3 is 1. The van der Waals surface area contributed by atoms with Gasteiger partial charge in [0.05, 0.1) is 49.4 Å². The number of amides is 2. The van der Waals surface area contributed by atoms with Gasteiger partial charge in [-0.2, -0.15) is 0 Å². The first-order valence-corrected chi connectivity index (χ1v) is 11.2. The number of carbonyl (C=O) groups is 2. The van der Waals surface area contributed by atoms with Crippen LogP contribution in [-0.2, 0) is 16.0 Å². The van der Waals surface area contributed by atoms with Crippen molar-refractivity contribution in [2.75, 3.05) is 44.0 Å². The Morgan fingerprint density at radius 1 is 1.03 bits per heavy atom. The molecular weight excluding hydrogens is 432 g/mol. The van der Waals surface area contributed by atoms with Gasteiger partial charge in [0.25, 0.3) is 5.91 Å². The normalized spacial score (nSPS) is 14.9. The summed E-state index contributed by atoms with van der Waals surface area (Å²) in [5.74, 6) is 0.395. The van der Waals surface area contributed by atoms with Crippen molar-refractivity contribution in [1.82, 2.24) is 9.88 Å². The molecule has 0 spiro atoms. The van der Waals surface area contributed by atoms with E-state index in [2.05, 4.69) is 15.6 Å². The van der Waals surface area contributed by atoms with Crippen molar-refractivity contribution in [3.63, 3.8) is 0 Å². The average molecular weight is 459 g/mol. The Morgan fingerprint density at radius 2 is 1.85 bits per heavy atom. The van der Waals surface area contributed by atoms with E-state index in [-0.39, 0.29) is 18.2 Å². The third-order valence-corrected chi connectivity index (χ3v) is 6.18. The molecule has 0 saturated carbocycles. The number of hydrogen-bond donors (Lipinski definition) is 2. The Labute approximate surface area is 197 Å². The van der Waals surface area contributed by atoms with Gasteiger partial charge < -0.3 is 25.0 Å². The molecule has 1 saturated heterocycles. The number of anilines is 3. The molecule has 0 aliphatic carbocycles. The number of nitrogens with zero attached hydrogens (tertiary/aromatic N) is 2. The molecule has 5 rings (SSSR count). The van der Waals surface area contributed by atoms with Gasteiger partial charge >= 0.3 is 0 Å². The predicted octanol–water partition coefficient (Wildman–Crippen LogP) is 3.78. The molecule has 3 aromatic rings. The minimum absolute atomic E-state index is 0.0623. The van der Waals surface area contributed by atoms with Gasteiger partial charge in [0.2, 0.25) is 11.8 Å². The summed E-state index contributed by atoms with van der Waals surface area (Å²) in [6.45, 7) is 4.36. The van der Waals surface area contributed by atoms with Gasteiger partial charge in [0.1, 0.15) is 0 Å². The van der Waals surface area contributed by atoms with Gasteiger partial charge in [-0.25, -0.2) is 4.98 Å². The summed E-state index contributed by atoms with van der Waals surface area (Å²) in [6, 6.07) is 13.3. The second kappa shape index (κ2) is 9.15. The fraction of sp³-hybridized carbons (Fsp3) is 0.269. The highest BCUT2D eigenvalue weighted by molar-refractivity contribution is 6.12. The fourth-order valence-corrected chi connectivity index (χ4v) is 4.29. The number of benzene rings is 2. The molecule has 174 valence electrons. The zero-order valence-corrected chi connectivity index (χ0v) is 19.2. The molecule has 34 heavy (non-hydrogen) atoms. The monoisotopic (exact) mass is 458 g/mol. The van der Waals surface area contributed by atoms with E-state index in [0.29, 0.717) is 49.1 Å². The van der Waals surface area contributed by atoms with Crippen LogP contribution in [0.5, 0.6) is 5.88 Å². The molecule has 8 heteroatoms. The highest BCUT2D eigenvalue weighted by atomic mass is 16.5. The molecular formula is C26H26N4O4. The predicted molar refractivity (Wildman–Crippen MR) is 130 cm³/mol. The van der Waals surface area contributed by atoms with Crippen LogP contribution in [0.25, 0.3) is 11.1 Å². The van der Waals surface area contributed by atoms with E-state index in [1.165, 1.54) is 0 Å². The Bertz CT molecular complexity index is 1270. The van der Waals surface area contributed by atoms with Gasteiger partial charge in [0, 0.05) is 25.4 Å². The van der Waals surface area contributed by atoms with Crippen LogP contribution in [-0.4, -0.2) is 55.1 Å². The lowest BCUT2D eigenvalue weighted by molar-refractivity contribution is -0.134. The molecule has 2 amide bonds. The quantitative estimate of drug-likeness (QED) is 0.618. The lowest BCUT2D eigenvalue weighted by atomic mass is 9.99. The largest absolute Gasteiger partial charge is 0.481 e. The third-order valence-electron chi connectivity index (χ3n) is 6.18. The van der Waals surface area contributed by atoms with E-state index in [0.717, 1.165) is 27.9 Å². The average Bonchev–Trinajstić information content (AvgIpc) is 2.99. The zero-order chi connectivity index (χ0) is 23.7. The van der Waals surface area contributed by atoms with Crippen LogP contribution >= 0.6 is 0 Å². The molecule has 0 radical (unpaired) electrons. The van der Waals surface area contributed by atoms with Crippen LogP contribution in [0.15, 0.2) is 48.7 Å². The van der Waals surface area contributed by atoms with Crippen molar-refractivity contribution in [2.24, 2.45) is 0 Å². The molecule has 2 N–H and O–H groups in total. The molecule has 1 fully saturated rings. The van der Waals surface area contributed by atoms with Crippen LogP contribution in [0.3, 0.4) is 0 Å². The maximum atomic E-state index is 13.0. The summed E-state index contributed by atoms with van der Waals surface area (Å²) in [5, 5.41) is 6.38. The lowest BCUT2D eigenvalue weighted by Gasteiger charge is -2.27. The number of hydrogen-bond acceptors (Lipinski definition) is 6. The topological polar surface area (TPSA) is 92.8 Å². The van der Waals surface area contributed by atoms with Crippen molar-refractivity contribution < 1.29 is 19.1 Å². The van der Waals surface area contributed by atoms with Gasteiger partial charge in [-0.3, -0.25) is 9.59 Å². The standard InChI is InChI=1S/C26H26N4O4/c1-16-15-27-24(33-2)14-20(16)18-4-5-19-22(13-18)28-21-6-3-17(11-23(21)29-26(19)32)12-25(31)30-7-9-34-10-8-30/h3-6,11,13-15,28H,7-10,12H2,1-2H3,(H,29,32). The first-order chi connectivity index (χ1) is 16.5. The zero-order valence-electron chi connectivity index (χ0n) is 19.2. The number of morpholine rings is 1. The van der Waals surface area contributed by atoms with Crippen molar-refractivity contribution in [3.05, 3.63) is 65.4 Å². The molecule has 1 aromatic heterocycles. The molecule has 3 heterocycles. The molecule has 2 aliphatic rings. The Kier molecular flexibility index (Phi) is 5.90. The summed E-state index contributed by atoms with van der Waals surface area (Å²) >= 11 is 0. The number of ether oxygens (including phenoxy) is 2.